The van der Waals surface area contributed by atoms with Crippen molar-refractivity contribution in [2.24, 2.45) is 0 Å². The monoisotopic (exact) mass is 409 g/mol. The molecule has 1 aromatic heterocycles. The zero-order valence-electron chi connectivity index (χ0n) is 11.0. The standard InChI is InChI=1S/C13H4Cl3F6NO/c14-5-1-4(12(17,18)19)2-6(15)8(5)9-10(13(20,21)22)7(16)3-23-11(9)24/h1-3H,(H,23,24). The van der Waals surface area contributed by atoms with E-state index >= 15 is 0 Å². The predicted octanol–water partition coefficient (Wildman–Crippen LogP) is 6.04. The molecule has 1 heterocycles. The molecule has 0 bridgehead atoms. The number of benzene rings is 1. The van der Waals surface area contributed by atoms with Crippen LogP contribution < -0.4 is 5.56 Å². The first-order chi connectivity index (χ1) is 10.8. The molecule has 2 aromatic rings. The van der Waals surface area contributed by atoms with Gasteiger partial charge in [-0.2, -0.15) is 26.3 Å². The van der Waals surface area contributed by atoms with E-state index in [0.29, 0.717) is 18.3 Å². The molecule has 1 aromatic carbocycles. The average molecular weight is 411 g/mol. The maximum Gasteiger partial charge on any atom is 0.418 e. The fourth-order valence-electron chi connectivity index (χ4n) is 2.00. The second-order valence-corrected chi connectivity index (χ2v) is 5.75. The van der Waals surface area contributed by atoms with Crippen LogP contribution in [0.3, 0.4) is 0 Å². The molecule has 0 atom stereocenters. The fraction of sp³-hybridized carbons (Fsp3) is 0.154. The van der Waals surface area contributed by atoms with E-state index < -0.39 is 55.2 Å². The molecule has 0 fully saturated rings. The average Bonchev–Trinajstić information content (AvgIpc) is 2.39. The van der Waals surface area contributed by atoms with Gasteiger partial charge < -0.3 is 4.98 Å². The summed E-state index contributed by atoms with van der Waals surface area (Å²) in [7, 11) is 0. The first kappa shape index (κ1) is 19.0. The molecule has 0 unspecified atom stereocenters. The van der Waals surface area contributed by atoms with Gasteiger partial charge >= 0.3 is 12.4 Å². The molecule has 0 spiro atoms. The van der Waals surface area contributed by atoms with Crippen LogP contribution in [0.1, 0.15) is 11.1 Å². The summed E-state index contributed by atoms with van der Waals surface area (Å²) in [5, 5.41) is -2.40. The molecule has 0 radical (unpaired) electrons. The Balaban J connectivity index is 2.89. The van der Waals surface area contributed by atoms with Crippen LogP contribution in [0.2, 0.25) is 15.1 Å². The summed E-state index contributed by atoms with van der Waals surface area (Å²) in [4.78, 5) is 13.8. The summed E-state index contributed by atoms with van der Waals surface area (Å²) in [6.07, 6.45) is -9.27. The number of hydrogen-bond donors (Lipinski definition) is 1. The second-order valence-electron chi connectivity index (χ2n) is 4.53. The summed E-state index contributed by atoms with van der Waals surface area (Å²) >= 11 is 16.8. The lowest BCUT2D eigenvalue weighted by molar-refractivity contribution is -0.138. The van der Waals surface area contributed by atoms with Gasteiger partial charge in [0.25, 0.3) is 5.56 Å². The first-order valence-corrected chi connectivity index (χ1v) is 7.02. The number of rotatable bonds is 1. The van der Waals surface area contributed by atoms with E-state index in [0.717, 1.165) is 0 Å². The summed E-state index contributed by atoms with van der Waals surface area (Å²) < 4.78 is 77.7. The molecule has 0 saturated carbocycles. The van der Waals surface area contributed by atoms with Crippen molar-refractivity contribution in [2.45, 2.75) is 12.4 Å². The van der Waals surface area contributed by atoms with E-state index in [2.05, 4.69) is 0 Å². The molecule has 0 saturated heterocycles. The van der Waals surface area contributed by atoms with Crippen LogP contribution in [0.25, 0.3) is 11.1 Å². The summed E-state index contributed by atoms with van der Waals surface area (Å²) in [5.41, 5.74) is -5.82. The van der Waals surface area contributed by atoms with E-state index in [1.54, 1.807) is 0 Å². The van der Waals surface area contributed by atoms with Crippen LogP contribution in [0, 0.1) is 0 Å². The van der Waals surface area contributed by atoms with E-state index in [-0.39, 0.29) is 0 Å². The largest absolute Gasteiger partial charge is 0.418 e. The Kier molecular flexibility index (Phi) is 4.87. The van der Waals surface area contributed by atoms with Gasteiger partial charge in [0.1, 0.15) is 0 Å². The van der Waals surface area contributed by atoms with Gasteiger partial charge in [0.15, 0.2) is 0 Å². The topological polar surface area (TPSA) is 32.9 Å². The van der Waals surface area contributed by atoms with Crippen LogP contribution in [0.5, 0.6) is 0 Å². The van der Waals surface area contributed by atoms with E-state index in [1.165, 1.54) is 0 Å². The van der Waals surface area contributed by atoms with E-state index in [4.69, 9.17) is 34.8 Å². The van der Waals surface area contributed by atoms with Gasteiger partial charge in [-0.25, -0.2) is 0 Å². The van der Waals surface area contributed by atoms with Crippen molar-refractivity contribution in [1.29, 1.82) is 0 Å². The summed E-state index contributed by atoms with van der Waals surface area (Å²) in [6, 6.07) is 0.756. The van der Waals surface area contributed by atoms with Crippen LogP contribution in [-0.2, 0) is 12.4 Å². The highest BCUT2D eigenvalue weighted by molar-refractivity contribution is 6.39. The quantitative estimate of drug-likeness (QED) is 0.571. The third-order valence-corrected chi connectivity index (χ3v) is 3.84. The molecule has 0 aliphatic heterocycles. The Labute approximate surface area is 145 Å². The lowest BCUT2D eigenvalue weighted by Gasteiger charge is -2.17. The van der Waals surface area contributed by atoms with Crippen LogP contribution in [0.4, 0.5) is 26.3 Å². The van der Waals surface area contributed by atoms with Crippen molar-refractivity contribution in [1.82, 2.24) is 4.98 Å². The van der Waals surface area contributed by atoms with Gasteiger partial charge in [0.2, 0.25) is 0 Å². The molecule has 11 heteroatoms. The van der Waals surface area contributed by atoms with Gasteiger partial charge in [0, 0.05) is 11.8 Å². The minimum Gasteiger partial charge on any atom is -0.327 e. The maximum absolute atomic E-state index is 13.2. The highest BCUT2D eigenvalue weighted by atomic mass is 35.5. The van der Waals surface area contributed by atoms with E-state index in [9.17, 15) is 31.1 Å². The molecular weight excluding hydrogens is 406 g/mol. The molecule has 24 heavy (non-hydrogen) atoms. The minimum absolute atomic E-state index is 0.378. The number of nitrogens with one attached hydrogen (secondary N) is 1. The van der Waals surface area contributed by atoms with Gasteiger partial charge in [-0.3, -0.25) is 4.79 Å². The Morgan fingerprint density at radius 3 is 1.71 bits per heavy atom. The van der Waals surface area contributed by atoms with Crippen molar-refractivity contribution in [3.8, 4) is 11.1 Å². The maximum atomic E-state index is 13.2. The van der Waals surface area contributed by atoms with Crippen molar-refractivity contribution in [2.75, 3.05) is 0 Å². The lowest BCUT2D eigenvalue weighted by atomic mass is 9.99. The van der Waals surface area contributed by atoms with E-state index in [1.807, 2.05) is 4.98 Å². The molecular formula is C13H4Cl3F6NO. The number of aromatic amines is 1. The molecule has 0 aliphatic carbocycles. The number of H-pyrrole nitrogens is 1. The molecule has 1 N–H and O–H groups in total. The van der Waals surface area contributed by atoms with Crippen LogP contribution in [-0.4, -0.2) is 4.98 Å². The van der Waals surface area contributed by atoms with Gasteiger partial charge in [-0.1, -0.05) is 34.8 Å². The highest BCUT2D eigenvalue weighted by Gasteiger charge is 2.39. The number of hydrogen-bond acceptors (Lipinski definition) is 1. The Morgan fingerprint density at radius 2 is 1.29 bits per heavy atom. The molecule has 130 valence electrons. The van der Waals surface area contributed by atoms with Crippen LogP contribution >= 0.6 is 34.8 Å². The number of pyridine rings is 1. The number of aromatic nitrogens is 1. The minimum atomic E-state index is -5.06. The van der Waals surface area contributed by atoms with Crippen molar-refractivity contribution in [3.63, 3.8) is 0 Å². The highest BCUT2D eigenvalue weighted by Crippen LogP contribution is 2.45. The first-order valence-electron chi connectivity index (χ1n) is 5.89. The third kappa shape index (κ3) is 3.50. The fourth-order valence-corrected chi connectivity index (χ4v) is 2.93. The second kappa shape index (κ2) is 6.16. The van der Waals surface area contributed by atoms with Gasteiger partial charge in [-0.15, -0.1) is 0 Å². The van der Waals surface area contributed by atoms with Crippen molar-refractivity contribution >= 4 is 34.8 Å². The summed E-state index contributed by atoms with van der Waals surface area (Å²) in [5.74, 6) is 0. The molecule has 2 nitrogen and oxygen atoms in total. The summed E-state index contributed by atoms with van der Waals surface area (Å²) in [6.45, 7) is 0. The number of halogens is 9. The molecule has 0 aliphatic rings. The van der Waals surface area contributed by atoms with Crippen molar-refractivity contribution in [3.05, 3.63) is 54.9 Å². The Bertz CT molecular complexity index is 833. The van der Waals surface area contributed by atoms with Crippen molar-refractivity contribution < 1.29 is 26.3 Å². The number of alkyl halides is 6. The predicted molar refractivity (Wildman–Crippen MR) is 77.5 cm³/mol. The third-order valence-electron chi connectivity index (χ3n) is 2.95. The smallest absolute Gasteiger partial charge is 0.327 e. The SMILES string of the molecule is O=c1[nH]cc(Cl)c(C(F)(F)F)c1-c1c(Cl)cc(C(F)(F)F)cc1Cl. The Morgan fingerprint density at radius 1 is 0.792 bits per heavy atom. The Hall–Kier alpha value is -1.38. The van der Waals surface area contributed by atoms with Gasteiger partial charge in [0.05, 0.1) is 31.8 Å². The van der Waals surface area contributed by atoms with Crippen LogP contribution in [0.15, 0.2) is 23.1 Å². The zero-order chi connectivity index (χ0) is 18.4. The normalized spacial score (nSPS) is 12.5. The lowest BCUT2D eigenvalue weighted by Crippen LogP contribution is -2.19. The molecule has 2 rings (SSSR count). The zero-order valence-corrected chi connectivity index (χ0v) is 13.3. The van der Waals surface area contributed by atoms with Gasteiger partial charge in [-0.05, 0) is 12.1 Å². The molecule has 0 amide bonds.